The summed E-state index contributed by atoms with van der Waals surface area (Å²) in [4.78, 5) is 27.3. The molecule has 0 fully saturated rings. The summed E-state index contributed by atoms with van der Waals surface area (Å²) >= 11 is 5.95. The number of hydrogen-bond donors (Lipinski definition) is 1. The van der Waals surface area contributed by atoms with Gasteiger partial charge in [0.15, 0.2) is 0 Å². The molecule has 0 spiro atoms. The van der Waals surface area contributed by atoms with Gasteiger partial charge in [-0.2, -0.15) is 0 Å². The summed E-state index contributed by atoms with van der Waals surface area (Å²) in [5.41, 5.74) is 0.442. The highest BCUT2D eigenvalue weighted by molar-refractivity contribution is 6.30. The molecule has 0 bridgehead atoms. The van der Waals surface area contributed by atoms with Crippen molar-refractivity contribution in [3.8, 4) is 5.75 Å². The van der Waals surface area contributed by atoms with E-state index in [1.807, 2.05) is 6.92 Å². The third-order valence-corrected chi connectivity index (χ3v) is 4.60. The van der Waals surface area contributed by atoms with Crippen molar-refractivity contribution in [3.05, 3.63) is 74.9 Å². The van der Waals surface area contributed by atoms with E-state index >= 15 is 0 Å². The van der Waals surface area contributed by atoms with Crippen LogP contribution in [0.25, 0.3) is 10.9 Å². The molecular formula is C20H17ClN3O4-. The van der Waals surface area contributed by atoms with Gasteiger partial charge in [-0.25, -0.2) is 0 Å². The Morgan fingerprint density at radius 3 is 2.64 bits per heavy atom. The monoisotopic (exact) mass is 398 g/mol. The second kappa shape index (κ2) is 8.22. The van der Waals surface area contributed by atoms with Gasteiger partial charge in [0.25, 0.3) is 5.69 Å². The van der Waals surface area contributed by atoms with Crippen LogP contribution in [-0.2, 0) is 4.79 Å². The number of amides is 1. The molecule has 7 nitrogen and oxygen atoms in total. The van der Waals surface area contributed by atoms with Crippen molar-refractivity contribution in [2.45, 2.75) is 25.8 Å². The number of rotatable bonds is 6. The van der Waals surface area contributed by atoms with Gasteiger partial charge in [-0.3, -0.25) is 19.9 Å². The van der Waals surface area contributed by atoms with Crippen molar-refractivity contribution < 1.29 is 14.8 Å². The van der Waals surface area contributed by atoms with Crippen molar-refractivity contribution >= 4 is 34.1 Å². The van der Waals surface area contributed by atoms with Crippen LogP contribution in [0.5, 0.6) is 5.75 Å². The van der Waals surface area contributed by atoms with Crippen LogP contribution >= 0.6 is 11.6 Å². The number of pyridine rings is 1. The number of carbonyl (C=O) groups excluding carboxylic acids is 1. The fourth-order valence-corrected chi connectivity index (χ4v) is 3.17. The summed E-state index contributed by atoms with van der Waals surface area (Å²) in [6.45, 7) is 1.86. The highest BCUT2D eigenvalue weighted by atomic mass is 35.5. The Morgan fingerprint density at radius 1 is 1.29 bits per heavy atom. The summed E-state index contributed by atoms with van der Waals surface area (Å²) in [5.74, 6) is -0.719. The molecule has 0 aliphatic heterocycles. The lowest BCUT2D eigenvalue weighted by molar-refractivity contribution is -0.383. The first-order valence-electron chi connectivity index (χ1n) is 8.70. The number of nitro groups is 1. The molecule has 28 heavy (non-hydrogen) atoms. The van der Waals surface area contributed by atoms with Crippen molar-refractivity contribution in [2.75, 3.05) is 0 Å². The van der Waals surface area contributed by atoms with Gasteiger partial charge in [0.2, 0.25) is 5.91 Å². The SMILES string of the molecule is CCCC(=O)N[C@@H](c1ccc(Cl)cc1)c1cc([N+](=O)[O-])c2cccnc2c1[O-]. The Labute approximate surface area is 166 Å². The zero-order chi connectivity index (χ0) is 20.3. The molecule has 1 N–H and O–H groups in total. The average Bonchev–Trinajstić information content (AvgIpc) is 2.68. The second-order valence-electron chi connectivity index (χ2n) is 6.27. The van der Waals surface area contributed by atoms with E-state index in [4.69, 9.17) is 11.6 Å². The van der Waals surface area contributed by atoms with Crippen molar-refractivity contribution in [3.63, 3.8) is 0 Å². The second-order valence-corrected chi connectivity index (χ2v) is 6.71. The first-order valence-corrected chi connectivity index (χ1v) is 9.08. The maximum absolute atomic E-state index is 13.1. The van der Waals surface area contributed by atoms with E-state index in [0.29, 0.717) is 17.0 Å². The minimum atomic E-state index is -0.853. The van der Waals surface area contributed by atoms with Gasteiger partial charge in [-0.15, -0.1) is 0 Å². The third kappa shape index (κ3) is 3.89. The molecule has 3 aromatic rings. The molecule has 3 rings (SSSR count). The highest BCUT2D eigenvalue weighted by Crippen LogP contribution is 2.38. The zero-order valence-electron chi connectivity index (χ0n) is 15.0. The maximum atomic E-state index is 13.1. The molecule has 0 saturated heterocycles. The van der Waals surface area contributed by atoms with E-state index in [-0.39, 0.29) is 34.5 Å². The lowest BCUT2D eigenvalue weighted by Crippen LogP contribution is -2.29. The number of fused-ring (bicyclic) bond motifs is 1. The van der Waals surface area contributed by atoms with Gasteiger partial charge in [0.05, 0.1) is 21.9 Å². The molecular weight excluding hydrogens is 382 g/mol. The number of carbonyl (C=O) groups is 1. The Hall–Kier alpha value is -3.19. The topological polar surface area (TPSA) is 108 Å². The molecule has 2 aromatic carbocycles. The molecule has 0 saturated carbocycles. The minimum absolute atomic E-state index is 0.00426. The molecule has 0 aliphatic rings. The van der Waals surface area contributed by atoms with E-state index in [1.165, 1.54) is 24.4 Å². The Morgan fingerprint density at radius 2 is 2.00 bits per heavy atom. The summed E-state index contributed by atoms with van der Waals surface area (Å²) in [7, 11) is 0. The molecule has 1 atom stereocenters. The van der Waals surface area contributed by atoms with E-state index in [2.05, 4.69) is 10.3 Å². The van der Waals surface area contributed by atoms with E-state index < -0.39 is 16.7 Å². The average molecular weight is 399 g/mol. The summed E-state index contributed by atoms with van der Waals surface area (Å²) in [5, 5.41) is 28.1. The van der Waals surface area contributed by atoms with Gasteiger partial charge < -0.3 is 10.4 Å². The number of benzene rings is 2. The number of aromatic nitrogens is 1. The molecule has 1 aromatic heterocycles. The van der Waals surface area contributed by atoms with Gasteiger partial charge in [-0.05, 0) is 41.8 Å². The third-order valence-electron chi connectivity index (χ3n) is 4.35. The smallest absolute Gasteiger partial charge is 0.279 e. The highest BCUT2D eigenvalue weighted by Gasteiger charge is 2.23. The van der Waals surface area contributed by atoms with Crippen LogP contribution in [0.4, 0.5) is 5.69 Å². The van der Waals surface area contributed by atoms with Crippen LogP contribution in [0, 0.1) is 10.1 Å². The number of hydrogen-bond acceptors (Lipinski definition) is 5. The first kappa shape index (κ1) is 19.6. The van der Waals surface area contributed by atoms with Crippen molar-refractivity contribution in [2.24, 2.45) is 0 Å². The first-order chi connectivity index (χ1) is 13.4. The number of halogens is 1. The van der Waals surface area contributed by atoms with Crippen molar-refractivity contribution in [1.29, 1.82) is 0 Å². The molecule has 144 valence electrons. The lowest BCUT2D eigenvalue weighted by atomic mass is 9.95. The van der Waals surface area contributed by atoms with E-state index in [0.717, 1.165) is 0 Å². The molecule has 1 amide bonds. The van der Waals surface area contributed by atoms with Crippen LogP contribution in [-0.4, -0.2) is 15.8 Å². The van der Waals surface area contributed by atoms with Gasteiger partial charge in [-0.1, -0.05) is 36.4 Å². The zero-order valence-corrected chi connectivity index (χ0v) is 15.8. The molecule has 0 unspecified atom stereocenters. The van der Waals surface area contributed by atoms with Crippen LogP contribution in [0.2, 0.25) is 5.02 Å². The summed E-state index contributed by atoms with van der Waals surface area (Å²) < 4.78 is 0. The maximum Gasteiger partial charge on any atom is 0.279 e. The number of nitrogens with one attached hydrogen (secondary N) is 1. The molecule has 0 aliphatic carbocycles. The van der Waals surface area contributed by atoms with Gasteiger partial charge in [0.1, 0.15) is 0 Å². The molecule has 0 radical (unpaired) electrons. The fraction of sp³-hybridized carbons (Fsp3) is 0.200. The normalized spacial score (nSPS) is 11.9. The predicted molar refractivity (Wildman–Crippen MR) is 104 cm³/mol. The lowest BCUT2D eigenvalue weighted by Gasteiger charge is -2.25. The van der Waals surface area contributed by atoms with Crippen molar-refractivity contribution in [1.82, 2.24) is 10.3 Å². The summed E-state index contributed by atoms with van der Waals surface area (Å²) in [6, 6.07) is 10.0. The standard InChI is InChI=1S/C20H18ClN3O4/c1-2-4-17(25)23-18(12-6-8-13(21)9-7-12)15-11-16(24(27)28)14-5-3-10-22-19(14)20(15)26/h3,5-11,18,26H,2,4H2,1H3,(H,23,25)/p-1/t18-/m0/s1. The summed E-state index contributed by atoms with van der Waals surface area (Å²) in [6.07, 6.45) is 2.30. The molecule has 8 heteroatoms. The van der Waals surface area contributed by atoms with E-state index in [1.54, 1.807) is 24.3 Å². The van der Waals surface area contributed by atoms with Crippen LogP contribution in [0.15, 0.2) is 48.7 Å². The minimum Gasteiger partial charge on any atom is -0.871 e. The number of nitrogens with zero attached hydrogens (tertiary/aromatic N) is 2. The predicted octanol–water partition coefficient (Wildman–Crippen LogP) is 3.88. The Kier molecular flexibility index (Phi) is 5.75. The quantitative estimate of drug-likeness (QED) is 0.500. The van der Waals surface area contributed by atoms with Crippen LogP contribution < -0.4 is 10.4 Å². The molecule has 1 heterocycles. The van der Waals surface area contributed by atoms with E-state index in [9.17, 15) is 20.0 Å². The van der Waals surface area contributed by atoms with Crippen LogP contribution in [0.3, 0.4) is 0 Å². The van der Waals surface area contributed by atoms with Gasteiger partial charge >= 0.3 is 0 Å². The Bertz CT molecular complexity index is 1040. The van der Waals surface area contributed by atoms with Gasteiger partial charge in [0, 0.05) is 23.7 Å². The number of non-ortho nitro benzene ring substituents is 1. The fourth-order valence-electron chi connectivity index (χ4n) is 3.04. The Balaban J connectivity index is 2.22. The van der Waals surface area contributed by atoms with Crippen LogP contribution in [0.1, 0.15) is 36.9 Å². The number of nitro benzene ring substituents is 1. The largest absolute Gasteiger partial charge is 0.871 e.